The summed E-state index contributed by atoms with van der Waals surface area (Å²) in [5.41, 5.74) is -2.59. The summed E-state index contributed by atoms with van der Waals surface area (Å²) < 4.78 is 38.9. The Labute approximate surface area is 116 Å². The molecule has 0 radical (unpaired) electrons. The summed E-state index contributed by atoms with van der Waals surface area (Å²) in [6.07, 6.45) is -2.17. The summed E-state index contributed by atoms with van der Waals surface area (Å²) in [5, 5.41) is 33.6. The van der Waals surface area contributed by atoms with Crippen molar-refractivity contribution >= 4 is 11.3 Å². The third-order valence-electron chi connectivity index (χ3n) is 2.97. The molecule has 0 aliphatic rings. The number of fused-ring (bicyclic) bond motifs is 1. The van der Waals surface area contributed by atoms with Crippen molar-refractivity contribution in [3.63, 3.8) is 0 Å². The van der Waals surface area contributed by atoms with Crippen LogP contribution in [0.5, 0.6) is 0 Å². The number of aliphatic hydroxyl groups excluding tert-OH is 3. The van der Waals surface area contributed by atoms with Gasteiger partial charge in [-0.3, -0.25) is 0 Å². The number of aliphatic hydroxyl groups is 3. The smallest absolute Gasteiger partial charge is 0.394 e. The topological polar surface area (TPSA) is 103 Å². The molecule has 0 bridgehead atoms. The molecule has 0 unspecified atom stereocenters. The fraction of sp³-hybridized carbons (Fsp3) is 0.455. The van der Waals surface area contributed by atoms with Gasteiger partial charge in [0.2, 0.25) is 0 Å². The van der Waals surface area contributed by atoms with Gasteiger partial charge in [0.15, 0.2) is 11.5 Å². The highest BCUT2D eigenvalue weighted by molar-refractivity contribution is 5.68. The summed E-state index contributed by atoms with van der Waals surface area (Å²) in [5.74, 6) is -0.0438. The summed E-state index contributed by atoms with van der Waals surface area (Å²) in [4.78, 5) is 3.86. The highest BCUT2D eigenvalue weighted by atomic mass is 19.4. The van der Waals surface area contributed by atoms with Gasteiger partial charge in [-0.2, -0.15) is 18.3 Å². The van der Waals surface area contributed by atoms with Crippen LogP contribution in [0.2, 0.25) is 0 Å². The maximum Gasteiger partial charge on any atom is 0.435 e. The van der Waals surface area contributed by atoms with E-state index in [1.54, 1.807) is 0 Å². The van der Waals surface area contributed by atoms with Crippen LogP contribution in [0.15, 0.2) is 18.5 Å². The van der Waals surface area contributed by atoms with E-state index in [9.17, 15) is 28.5 Å². The van der Waals surface area contributed by atoms with Crippen molar-refractivity contribution in [1.82, 2.24) is 14.6 Å². The second-order valence-electron chi connectivity index (χ2n) is 4.51. The normalized spacial score (nSPS) is 12.9. The Kier molecular flexibility index (Phi) is 4.03. The first kappa shape index (κ1) is 15.5. The fourth-order valence-corrected chi connectivity index (χ4v) is 1.68. The molecule has 2 rings (SSSR count). The molecule has 0 aliphatic carbocycles. The van der Waals surface area contributed by atoms with Gasteiger partial charge in [-0.05, 0) is 0 Å². The van der Waals surface area contributed by atoms with E-state index in [1.165, 1.54) is 12.4 Å². The number of hydrogen-bond acceptors (Lipinski definition) is 6. The summed E-state index contributed by atoms with van der Waals surface area (Å²) >= 11 is 0. The molecule has 21 heavy (non-hydrogen) atoms. The van der Waals surface area contributed by atoms with E-state index in [2.05, 4.69) is 15.4 Å². The average molecular weight is 306 g/mol. The molecule has 2 heterocycles. The molecule has 0 atom stereocenters. The zero-order valence-electron chi connectivity index (χ0n) is 10.7. The molecule has 0 saturated heterocycles. The Hall–Kier alpha value is -1.91. The first-order chi connectivity index (χ1) is 9.85. The molecule has 116 valence electrons. The maximum atomic E-state index is 12.7. The Morgan fingerprint density at radius 1 is 1.14 bits per heavy atom. The Balaban J connectivity index is 2.47. The van der Waals surface area contributed by atoms with Gasteiger partial charge in [0.05, 0.1) is 19.8 Å². The summed E-state index contributed by atoms with van der Waals surface area (Å²) in [7, 11) is 0. The monoisotopic (exact) mass is 306 g/mol. The molecule has 0 aliphatic heterocycles. The number of aromatic nitrogens is 3. The maximum absolute atomic E-state index is 12.7. The molecule has 0 saturated carbocycles. The van der Waals surface area contributed by atoms with Gasteiger partial charge in [-0.15, -0.1) is 0 Å². The van der Waals surface area contributed by atoms with E-state index < -0.39 is 37.2 Å². The standard InChI is InChI=1S/C11H13F3N4O3/c12-11(13,14)8-3-7-9(15-1-2-18(7)17-8)16-10(4-19,5-20)6-21/h1-3,19-21H,4-6H2,(H,15,16). The predicted molar refractivity (Wildman–Crippen MR) is 65.6 cm³/mol. The van der Waals surface area contributed by atoms with Crippen molar-refractivity contribution in [2.24, 2.45) is 0 Å². The number of nitrogens with zero attached hydrogens (tertiary/aromatic N) is 3. The second-order valence-corrected chi connectivity index (χ2v) is 4.51. The summed E-state index contributed by atoms with van der Waals surface area (Å²) in [6.45, 7) is -1.91. The van der Waals surface area contributed by atoms with Crippen LogP contribution in [0.3, 0.4) is 0 Å². The highest BCUT2D eigenvalue weighted by Gasteiger charge is 2.35. The van der Waals surface area contributed by atoms with Gasteiger partial charge in [-0.25, -0.2) is 9.50 Å². The largest absolute Gasteiger partial charge is 0.435 e. The molecular weight excluding hydrogens is 293 g/mol. The molecule has 0 aromatic carbocycles. The lowest BCUT2D eigenvalue weighted by Crippen LogP contribution is -2.49. The van der Waals surface area contributed by atoms with Gasteiger partial charge in [0.25, 0.3) is 0 Å². The Morgan fingerprint density at radius 2 is 1.76 bits per heavy atom. The molecule has 4 N–H and O–H groups in total. The molecule has 0 spiro atoms. The Bertz CT molecular complexity index is 616. The van der Waals surface area contributed by atoms with E-state index >= 15 is 0 Å². The van der Waals surface area contributed by atoms with Crippen LogP contribution in [0.1, 0.15) is 5.69 Å². The second kappa shape index (κ2) is 5.47. The van der Waals surface area contributed by atoms with Gasteiger partial charge in [0.1, 0.15) is 11.1 Å². The highest BCUT2D eigenvalue weighted by Crippen LogP contribution is 2.30. The van der Waals surface area contributed by atoms with Crippen molar-refractivity contribution in [2.45, 2.75) is 11.7 Å². The third-order valence-corrected chi connectivity index (χ3v) is 2.97. The minimum atomic E-state index is -4.61. The lowest BCUT2D eigenvalue weighted by atomic mass is 10.0. The number of halogens is 3. The van der Waals surface area contributed by atoms with Crippen molar-refractivity contribution in [3.05, 3.63) is 24.2 Å². The summed E-state index contributed by atoms with van der Waals surface area (Å²) in [6, 6.07) is 0.784. The quantitative estimate of drug-likeness (QED) is 0.614. The lowest BCUT2D eigenvalue weighted by Gasteiger charge is -2.29. The van der Waals surface area contributed by atoms with E-state index in [0.717, 1.165) is 10.6 Å². The van der Waals surface area contributed by atoms with E-state index in [0.29, 0.717) is 0 Å². The van der Waals surface area contributed by atoms with Crippen LogP contribution in [-0.2, 0) is 6.18 Å². The van der Waals surface area contributed by atoms with Crippen LogP contribution < -0.4 is 5.32 Å². The van der Waals surface area contributed by atoms with Crippen LogP contribution in [-0.4, -0.2) is 55.3 Å². The number of rotatable bonds is 5. The predicted octanol–water partition coefficient (Wildman–Crippen LogP) is -0.124. The minimum Gasteiger partial charge on any atom is -0.394 e. The fourth-order valence-electron chi connectivity index (χ4n) is 1.68. The number of anilines is 1. The number of hydrogen-bond donors (Lipinski definition) is 4. The zero-order chi connectivity index (χ0) is 15.7. The van der Waals surface area contributed by atoms with E-state index in [1.807, 2.05) is 0 Å². The zero-order valence-corrected chi connectivity index (χ0v) is 10.7. The first-order valence-corrected chi connectivity index (χ1v) is 5.87. The molecule has 2 aromatic heterocycles. The molecule has 0 fully saturated rings. The van der Waals surface area contributed by atoms with Crippen LogP contribution in [0, 0.1) is 0 Å². The number of alkyl halides is 3. The van der Waals surface area contributed by atoms with Crippen LogP contribution in [0.25, 0.3) is 5.52 Å². The molecule has 10 heteroatoms. The molecule has 0 amide bonds. The molecule has 7 nitrogen and oxygen atoms in total. The van der Waals surface area contributed by atoms with Crippen molar-refractivity contribution in [3.8, 4) is 0 Å². The lowest BCUT2D eigenvalue weighted by molar-refractivity contribution is -0.141. The number of nitrogens with one attached hydrogen (secondary N) is 1. The van der Waals surface area contributed by atoms with E-state index in [-0.39, 0.29) is 11.3 Å². The van der Waals surface area contributed by atoms with E-state index in [4.69, 9.17) is 0 Å². The van der Waals surface area contributed by atoms with Crippen molar-refractivity contribution < 1.29 is 28.5 Å². The minimum absolute atomic E-state index is 0.00421. The van der Waals surface area contributed by atoms with Crippen LogP contribution >= 0.6 is 0 Å². The third kappa shape index (κ3) is 2.91. The van der Waals surface area contributed by atoms with Gasteiger partial charge in [0, 0.05) is 18.5 Å². The van der Waals surface area contributed by atoms with Crippen molar-refractivity contribution in [1.29, 1.82) is 0 Å². The van der Waals surface area contributed by atoms with Gasteiger partial charge < -0.3 is 20.6 Å². The van der Waals surface area contributed by atoms with Gasteiger partial charge in [-0.1, -0.05) is 0 Å². The molecule has 2 aromatic rings. The Morgan fingerprint density at radius 3 is 2.29 bits per heavy atom. The van der Waals surface area contributed by atoms with Crippen molar-refractivity contribution in [2.75, 3.05) is 25.1 Å². The molecular formula is C11H13F3N4O3. The van der Waals surface area contributed by atoms with Crippen LogP contribution in [0.4, 0.5) is 19.0 Å². The average Bonchev–Trinajstić information content (AvgIpc) is 2.90. The first-order valence-electron chi connectivity index (χ1n) is 5.87. The SMILES string of the molecule is OCC(CO)(CO)Nc1nccn2nc(C(F)(F)F)cc12. The van der Waals surface area contributed by atoms with Gasteiger partial charge >= 0.3 is 6.18 Å².